The molecule has 0 spiro atoms. The van der Waals surface area contributed by atoms with Gasteiger partial charge in [-0.2, -0.15) is 0 Å². The van der Waals surface area contributed by atoms with E-state index in [1.165, 1.54) is 60.5 Å². The third kappa shape index (κ3) is 10.2. The molecule has 5 rings (SSSR count). The first-order chi connectivity index (χ1) is 25.7. The van der Waals surface area contributed by atoms with Crippen LogP contribution in [0, 0.1) is 0 Å². The Labute approximate surface area is 326 Å². The number of aromatic nitrogens is 4. The number of para-hydroxylation sites is 1. The molecule has 0 aliphatic carbocycles. The minimum absolute atomic E-state index is 0.0476. The van der Waals surface area contributed by atoms with Crippen molar-refractivity contribution < 1.29 is 46.7 Å². The standard InChI is InChI=1S/C32H32Br2ClN4O14P/c1-17(40)49-23-11-27(38-13-19(7-9-33)29(42)36-31(38)44)51-25(23)15-47-54(46,53-22-6-4-3-5-21(22)35)48-16-26-24(50-18(2)41)12-28(52-26)39-14-20(8-10-34)30(43)37-32(39)45/h3-10,13-14,23-28H,11-12,15-16H2,1-2H3,(H,36,42,44)(H,37,43,45)/b9-7+,10-8+/t23-,24-,25+,26+,27+,28+/m0/s1. The van der Waals surface area contributed by atoms with Crippen LogP contribution in [0.2, 0.25) is 5.02 Å². The van der Waals surface area contributed by atoms with E-state index in [0.29, 0.717) is 0 Å². The Balaban J connectivity index is 1.40. The van der Waals surface area contributed by atoms with Gasteiger partial charge in [-0.25, -0.2) is 14.2 Å². The number of phosphoric ester groups is 1. The second-order valence-electron chi connectivity index (χ2n) is 11.7. The number of ether oxygens (including phenoxy) is 4. The smallest absolute Gasteiger partial charge is 0.460 e. The van der Waals surface area contributed by atoms with E-state index in [1.807, 2.05) is 0 Å². The molecule has 2 aliphatic heterocycles. The average Bonchev–Trinajstić information content (AvgIpc) is 3.69. The zero-order chi connectivity index (χ0) is 39.2. The lowest BCUT2D eigenvalue weighted by molar-refractivity contribution is -0.150. The van der Waals surface area contributed by atoms with Crippen molar-refractivity contribution >= 4 is 75.4 Å². The van der Waals surface area contributed by atoms with Gasteiger partial charge >= 0.3 is 31.1 Å². The van der Waals surface area contributed by atoms with Gasteiger partial charge in [0.1, 0.15) is 42.6 Å². The number of nitrogens with one attached hydrogen (secondary N) is 2. The predicted molar refractivity (Wildman–Crippen MR) is 198 cm³/mol. The Kier molecular flexibility index (Phi) is 13.9. The number of aromatic amines is 2. The van der Waals surface area contributed by atoms with Gasteiger partial charge in [0.2, 0.25) is 0 Å². The van der Waals surface area contributed by atoms with Gasteiger partial charge in [0, 0.05) is 39.1 Å². The summed E-state index contributed by atoms with van der Waals surface area (Å²) in [5.74, 6) is -1.46. The maximum absolute atomic E-state index is 14.4. The zero-order valence-corrected chi connectivity index (χ0v) is 33.1. The van der Waals surface area contributed by atoms with Crippen LogP contribution < -0.4 is 27.0 Å². The van der Waals surface area contributed by atoms with Crippen molar-refractivity contribution in [1.29, 1.82) is 0 Å². The van der Waals surface area contributed by atoms with Crippen molar-refractivity contribution in [3.63, 3.8) is 0 Å². The highest BCUT2D eigenvalue weighted by molar-refractivity contribution is 9.11. The first-order valence-corrected chi connectivity index (χ1v) is 19.6. The zero-order valence-electron chi connectivity index (χ0n) is 28.3. The predicted octanol–water partition coefficient (Wildman–Crippen LogP) is 4.13. The number of carbonyl (C=O) groups is 2. The summed E-state index contributed by atoms with van der Waals surface area (Å²) in [7, 11) is -4.73. The lowest BCUT2D eigenvalue weighted by Crippen LogP contribution is -2.34. The fraction of sp³-hybridized carbons (Fsp3) is 0.375. The molecule has 2 fully saturated rings. The second-order valence-corrected chi connectivity index (χ2v) is 14.7. The minimum Gasteiger partial charge on any atom is -0.460 e. The molecular formula is C32H32Br2ClN4O14P. The molecule has 22 heteroatoms. The van der Waals surface area contributed by atoms with E-state index in [2.05, 4.69) is 41.8 Å². The van der Waals surface area contributed by atoms with Gasteiger partial charge in [-0.1, -0.05) is 55.6 Å². The largest absolute Gasteiger partial charge is 0.530 e. The summed E-state index contributed by atoms with van der Waals surface area (Å²) in [6, 6.07) is 6.02. The Bertz CT molecular complexity index is 2090. The molecule has 0 amide bonds. The fourth-order valence-electron chi connectivity index (χ4n) is 5.58. The summed E-state index contributed by atoms with van der Waals surface area (Å²) in [6.45, 7) is 1.17. The molecule has 0 unspecified atom stereocenters. The van der Waals surface area contributed by atoms with E-state index < -0.39 is 92.3 Å². The lowest BCUT2D eigenvalue weighted by atomic mass is 10.2. The minimum atomic E-state index is -4.73. The van der Waals surface area contributed by atoms with E-state index in [0.717, 1.165) is 9.13 Å². The number of H-pyrrole nitrogens is 2. The highest BCUT2D eigenvalue weighted by Gasteiger charge is 2.44. The molecule has 1 aromatic carbocycles. The van der Waals surface area contributed by atoms with E-state index in [-0.39, 0.29) is 34.7 Å². The van der Waals surface area contributed by atoms with Crippen LogP contribution in [0.25, 0.3) is 12.2 Å². The molecular weight excluding hydrogens is 891 g/mol. The highest BCUT2D eigenvalue weighted by Crippen LogP contribution is 2.52. The van der Waals surface area contributed by atoms with Crippen LogP contribution in [0.4, 0.5) is 0 Å². The van der Waals surface area contributed by atoms with E-state index in [4.69, 9.17) is 44.1 Å². The van der Waals surface area contributed by atoms with Gasteiger partial charge in [-0.05, 0) is 34.3 Å². The van der Waals surface area contributed by atoms with Crippen LogP contribution in [0.1, 0.15) is 50.3 Å². The van der Waals surface area contributed by atoms with Crippen molar-refractivity contribution in [3.8, 4) is 5.75 Å². The molecule has 18 nitrogen and oxygen atoms in total. The molecule has 2 saturated heterocycles. The third-order valence-electron chi connectivity index (χ3n) is 7.93. The van der Waals surface area contributed by atoms with Crippen molar-refractivity contribution in [2.75, 3.05) is 13.2 Å². The summed E-state index contributed by atoms with van der Waals surface area (Å²) in [5.41, 5.74) is -2.65. The molecule has 290 valence electrons. The van der Waals surface area contributed by atoms with Crippen molar-refractivity contribution in [1.82, 2.24) is 19.1 Å². The van der Waals surface area contributed by atoms with Crippen LogP contribution in [-0.2, 0) is 42.1 Å². The molecule has 4 heterocycles. The number of benzene rings is 1. The van der Waals surface area contributed by atoms with Gasteiger partial charge in [0.05, 0.1) is 29.4 Å². The number of esters is 2. The topological polar surface area (TPSA) is 226 Å². The maximum Gasteiger partial charge on any atom is 0.530 e. The van der Waals surface area contributed by atoms with Crippen molar-refractivity contribution in [3.05, 3.63) is 104 Å². The molecule has 3 aromatic rings. The second kappa shape index (κ2) is 18.2. The Hall–Kier alpha value is -3.88. The Morgan fingerprint density at radius 3 is 1.69 bits per heavy atom. The molecule has 6 atom stereocenters. The van der Waals surface area contributed by atoms with Crippen LogP contribution in [0.5, 0.6) is 5.75 Å². The number of nitrogens with zero attached hydrogens (tertiary/aromatic N) is 2. The van der Waals surface area contributed by atoms with E-state index in [1.54, 1.807) is 12.1 Å². The van der Waals surface area contributed by atoms with Crippen LogP contribution in [-0.4, -0.2) is 68.7 Å². The summed E-state index contributed by atoms with van der Waals surface area (Å²) >= 11 is 12.5. The number of hydrogen-bond donors (Lipinski definition) is 2. The number of phosphoric acid groups is 1. The summed E-state index contributed by atoms with van der Waals surface area (Å²) in [6.07, 6.45) is -1.23. The monoisotopic (exact) mass is 920 g/mol. The quantitative estimate of drug-likeness (QED) is 0.171. The summed E-state index contributed by atoms with van der Waals surface area (Å²) in [4.78, 5) is 81.3. The average molecular weight is 923 g/mol. The van der Waals surface area contributed by atoms with Crippen LogP contribution in [0.3, 0.4) is 0 Å². The van der Waals surface area contributed by atoms with E-state index in [9.17, 15) is 33.3 Å². The molecule has 0 saturated carbocycles. The van der Waals surface area contributed by atoms with Gasteiger partial charge in [-0.15, -0.1) is 0 Å². The number of carbonyl (C=O) groups excluding carboxylic acids is 2. The van der Waals surface area contributed by atoms with Gasteiger partial charge < -0.3 is 23.5 Å². The first kappa shape index (κ1) is 41.3. The van der Waals surface area contributed by atoms with Crippen LogP contribution >= 0.6 is 51.3 Å². The number of hydrogen-bond acceptors (Lipinski definition) is 14. The Morgan fingerprint density at radius 2 is 1.28 bits per heavy atom. The molecule has 2 N–H and O–H groups in total. The van der Waals surface area contributed by atoms with Gasteiger partial charge in [0.15, 0.2) is 0 Å². The highest BCUT2D eigenvalue weighted by atomic mass is 79.9. The fourth-order valence-corrected chi connectivity index (χ4v) is 7.62. The summed E-state index contributed by atoms with van der Waals surface area (Å²) < 4.78 is 56.7. The van der Waals surface area contributed by atoms with Gasteiger partial charge in [-0.3, -0.25) is 47.3 Å². The lowest BCUT2D eigenvalue weighted by Gasteiger charge is -2.25. The van der Waals surface area contributed by atoms with Crippen molar-refractivity contribution in [2.45, 2.75) is 63.6 Å². The molecule has 0 radical (unpaired) electrons. The Morgan fingerprint density at radius 1 is 0.833 bits per heavy atom. The maximum atomic E-state index is 14.4. The molecule has 54 heavy (non-hydrogen) atoms. The SMILES string of the molecule is CC(=O)O[C@H]1C[C@H](n2cc(/C=C/Br)c(=O)[nH]c2=O)O[C@@H]1COP(=O)(OC[C@H]1O[C@@H](n2cc(/C=C/Br)c(=O)[nH]c2=O)C[C@@H]1OC(C)=O)Oc1ccccc1Cl. The van der Waals surface area contributed by atoms with E-state index >= 15 is 0 Å². The normalized spacial score (nSPS) is 22.9. The first-order valence-electron chi connectivity index (χ1n) is 15.9. The van der Waals surface area contributed by atoms with Crippen molar-refractivity contribution in [2.24, 2.45) is 0 Å². The molecule has 2 aliphatic rings. The number of halogens is 3. The number of rotatable bonds is 14. The molecule has 0 bridgehead atoms. The van der Waals surface area contributed by atoms with Crippen LogP contribution in [0.15, 0.2) is 65.8 Å². The molecule has 2 aromatic heterocycles. The van der Waals surface area contributed by atoms with Gasteiger partial charge in [0.25, 0.3) is 11.1 Å². The summed E-state index contributed by atoms with van der Waals surface area (Å²) in [5, 5.41) is 0.0476. The third-order valence-corrected chi connectivity index (χ3v) is 10.1.